The van der Waals surface area contributed by atoms with Crippen LogP contribution in [0.5, 0.6) is 5.75 Å². The van der Waals surface area contributed by atoms with Crippen LogP contribution in [0.4, 0.5) is 5.69 Å². The smallest absolute Gasteiger partial charge is 0.204 e. The summed E-state index contributed by atoms with van der Waals surface area (Å²) in [6, 6.07) is 24.6. The molecular formula is C21H19N5O. The van der Waals surface area contributed by atoms with Gasteiger partial charge in [-0.15, -0.1) is 10.2 Å². The number of tetrazole rings is 1. The lowest BCUT2D eigenvalue weighted by Gasteiger charge is -2.08. The van der Waals surface area contributed by atoms with Crippen LogP contribution >= 0.6 is 0 Å². The number of ether oxygens (including phenoxy) is 1. The Hall–Kier alpha value is -3.67. The predicted octanol–water partition coefficient (Wildman–Crippen LogP) is 4.15. The van der Waals surface area contributed by atoms with Crippen LogP contribution in [0, 0.1) is 0 Å². The number of nitrogens with one attached hydrogen (secondary N) is 2. The second-order valence-electron chi connectivity index (χ2n) is 6.09. The third kappa shape index (κ3) is 3.95. The molecule has 0 saturated heterocycles. The minimum atomic E-state index is 0.593. The second kappa shape index (κ2) is 7.70. The minimum absolute atomic E-state index is 0.593. The van der Waals surface area contributed by atoms with Gasteiger partial charge in [0.15, 0.2) is 0 Å². The number of nitrogens with zero attached hydrogens (tertiary/aromatic N) is 3. The van der Waals surface area contributed by atoms with Gasteiger partial charge in [0, 0.05) is 17.8 Å². The van der Waals surface area contributed by atoms with Gasteiger partial charge in [-0.2, -0.15) is 5.21 Å². The molecule has 134 valence electrons. The number of hydrogen-bond donors (Lipinski definition) is 2. The molecule has 0 saturated carbocycles. The first kappa shape index (κ1) is 16.8. The molecule has 3 aromatic carbocycles. The van der Waals surface area contributed by atoms with E-state index < -0.39 is 0 Å². The Bertz CT molecular complexity index is 978. The summed E-state index contributed by atoms with van der Waals surface area (Å²) in [5.41, 5.74) is 5.55. The Morgan fingerprint density at radius 1 is 0.815 bits per heavy atom. The average Bonchev–Trinajstić information content (AvgIpc) is 3.28. The molecule has 0 unspecified atom stereocenters. The summed E-state index contributed by atoms with van der Waals surface area (Å²) >= 11 is 0. The molecule has 1 heterocycles. The van der Waals surface area contributed by atoms with Crippen molar-refractivity contribution in [2.45, 2.75) is 6.54 Å². The van der Waals surface area contributed by atoms with E-state index in [1.807, 2.05) is 36.4 Å². The lowest BCUT2D eigenvalue weighted by atomic mass is 10.0. The van der Waals surface area contributed by atoms with Crippen molar-refractivity contribution < 1.29 is 4.74 Å². The molecule has 0 bridgehead atoms. The monoisotopic (exact) mass is 357 g/mol. The van der Waals surface area contributed by atoms with Crippen LogP contribution in [0.2, 0.25) is 0 Å². The SMILES string of the molecule is COc1ccc(-c2ccc(CNc3ccc(-c4nn[nH]n4)cc3)cc2)cc1. The molecule has 0 spiro atoms. The van der Waals surface area contributed by atoms with E-state index in [1.54, 1.807) is 7.11 Å². The van der Waals surface area contributed by atoms with Gasteiger partial charge in [-0.05, 0) is 58.3 Å². The quantitative estimate of drug-likeness (QED) is 0.542. The van der Waals surface area contributed by atoms with Gasteiger partial charge in [0.1, 0.15) is 5.75 Å². The van der Waals surface area contributed by atoms with Gasteiger partial charge in [0.25, 0.3) is 0 Å². The maximum Gasteiger partial charge on any atom is 0.204 e. The second-order valence-corrected chi connectivity index (χ2v) is 6.09. The molecule has 1 aromatic heterocycles. The maximum absolute atomic E-state index is 5.21. The first-order chi connectivity index (χ1) is 13.3. The van der Waals surface area contributed by atoms with Crippen LogP contribution < -0.4 is 10.1 Å². The molecule has 4 rings (SSSR count). The summed E-state index contributed by atoms with van der Waals surface area (Å²) in [4.78, 5) is 0. The zero-order valence-electron chi connectivity index (χ0n) is 14.9. The van der Waals surface area contributed by atoms with Crippen molar-refractivity contribution in [3.63, 3.8) is 0 Å². The van der Waals surface area contributed by atoms with E-state index in [9.17, 15) is 0 Å². The number of anilines is 1. The minimum Gasteiger partial charge on any atom is -0.497 e. The molecule has 0 radical (unpaired) electrons. The number of hydrogen-bond acceptors (Lipinski definition) is 5. The van der Waals surface area contributed by atoms with E-state index in [1.165, 1.54) is 16.7 Å². The summed E-state index contributed by atoms with van der Waals surface area (Å²) in [5, 5.41) is 17.4. The van der Waals surface area contributed by atoms with Gasteiger partial charge in [-0.1, -0.05) is 36.4 Å². The summed E-state index contributed by atoms with van der Waals surface area (Å²) in [6.45, 7) is 0.754. The summed E-state index contributed by atoms with van der Waals surface area (Å²) < 4.78 is 5.21. The molecule has 0 aliphatic rings. The number of aromatic amines is 1. The molecule has 0 atom stereocenters. The van der Waals surface area contributed by atoms with Crippen molar-refractivity contribution in [3.8, 4) is 28.3 Å². The standard InChI is InChI=1S/C21H19N5O/c1-27-20-12-8-17(9-13-20)16-4-2-15(3-5-16)14-22-19-10-6-18(7-11-19)21-23-25-26-24-21/h2-13,22H,14H2,1H3,(H,23,24,25,26). The van der Waals surface area contributed by atoms with Crippen LogP contribution in [0.25, 0.3) is 22.5 Å². The molecule has 0 aliphatic heterocycles. The van der Waals surface area contributed by atoms with Gasteiger partial charge in [0.05, 0.1) is 7.11 Å². The van der Waals surface area contributed by atoms with E-state index in [2.05, 4.69) is 62.3 Å². The predicted molar refractivity (Wildman–Crippen MR) is 105 cm³/mol. The van der Waals surface area contributed by atoms with Gasteiger partial charge in [0.2, 0.25) is 5.82 Å². The van der Waals surface area contributed by atoms with Crippen molar-refractivity contribution in [1.29, 1.82) is 0 Å². The first-order valence-electron chi connectivity index (χ1n) is 8.63. The highest BCUT2D eigenvalue weighted by molar-refractivity contribution is 5.64. The summed E-state index contributed by atoms with van der Waals surface area (Å²) in [6.07, 6.45) is 0. The van der Waals surface area contributed by atoms with Crippen molar-refractivity contribution in [2.24, 2.45) is 0 Å². The molecule has 6 heteroatoms. The van der Waals surface area contributed by atoms with E-state index >= 15 is 0 Å². The lowest BCUT2D eigenvalue weighted by molar-refractivity contribution is 0.415. The van der Waals surface area contributed by atoms with Crippen LogP contribution in [0.1, 0.15) is 5.56 Å². The topological polar surface area (TPSA) is 75.7 Å². The maximum atomic E-state index is 5.21. The summed E-state index contributed by atoms with van der Waals surface area (Å²) in [5.74, 6) is 1.46. The van der Waals surface area contributed by atoms with Crippen molar-refractivity contribution in [1.82, 2.24) is 20.6 Å². The average molecular weight is 357 g/mol. The molecule has 0 aliphatic carbocycles. The zero-order valence-corrected chi connectivity index (χ0v) is 14.9. The number of H-pyrrole nitrogens is 1. The van der Waals surface area contributed by atoms with Crippen LogP contribution in [-0.4, -0.2) is 27.7 Å². The third-order valence-corrected chi connectivity index (χ3v) is 4.36. The Morgan fingerprint density at radius 3 is 2.04 bits per heavy atom. The van der Waals surface area contributed by atoms with Gasteiger partial charge in [-0.3, -0.25) is 0 Å². The molecule has 4 aromatic rings. The first-order valence-corrected chi connectivity index (χ1v) is 8.63. The Morgan fingerprint density at radius 2 is 1.44 bits per heavy atom. The van der Waals surface area contributed by atoms with Crippen molar-refractivity contribution in [3.05, 3.63) is 78.4 Å². The third-order valence-electron chi connectivity index (χ3n) is 4.36. The number of methoxy groups -OCH3 is 1. The Balaban J connectivity index is 1.38. The fraction of sp³-hybridized carbons (Fsp3) is 0.0952. The molecule has 0 amide bonds. The normalized spacial score (nSPS) is 10.6. The van der Waals surface area contributed by atoms with E-state index in [4.69, 9.17) is 4.74 Å². The van der Waals surface area contributed by atoms with Crippen LogP contribution in [-0.2, 0) is 6.54 Å². The van der Waals surface area contributed by atoms with Gasteiger partial charge in [-0.25, -0.2) is 0 Å². The fourth-order valence-electron chi connectivity index (χ4n) is 2.82. The number of rotatable bonds is 6. The fourth-order valence-corrected chi connectivity index (χ4v) is 2.82. The molecule has 2 N–H and O–H groups in total. The van der Waals surface area contributed by atoms with Gasteiger partial charge >= 0.3 is 0 Å². The Kier molecular flexibility index (Phi) is 4.78. The highest BCUT2D eigenvalue weighted by Gasteiger charge is 2.03. The van der Waals surface area contributed by atoms with Crippen LogP contribution in [0.15, 0.2) is 72.8 Å². The lowest BCUT2D eigenvalue weighted by Crippen LogP contribution is -1.99. The van der Waals surface area contributed by atoms with Crippen LogP contribution in [0.3, 0.4) is 0 Å². The number of benzene rings is 3. The molecule has 27 heavy (non-hydrogen) atoms. The van der Waals surface area contributed by atoms with Crippen molar-refractivity contribution in [2.75, 3.05) is 12.4 Å². The van der Waals surface area contributed by atoms with E-state index in [-0.39, 0.29) is 0 Å². The van der Waals surface area contributed by atoms with E-state index in [0.717, 1.165) is 23.5 Å². The highest BCUT2D eigenvalue weighted by atomic mass is 16.5. The van der Waals surface area contributed by atoms with E-state index in [0.29, 0.717) is 5.82 Å². The highest BCUT2D eigenvalue weighted by Crippen LogP contribution is 2.23. The Labute approximate surface area is 157 Å². The molecule has 0 fully saturated rings. The molecular weight excluding hydrogens is 338 g/mol. The van der Waals surface area contributed by atoms with Crippen molar-refractivity contribution >= 4 is 5.69 Å². The largest absolute Gasteiger partial charge is 0.497 e. The summed E-state index contributed by atoms with van der Waals surface area (Å²) in [7, 11) is 1.68. The molecule has 6 nitrogen and oxygen atoms in total. The van der Waals surface area contributed by atoms with Gasteiger partial charge < -0.3 is 10.1 Å². The zero-order chi connectivity index (χ0) is 18.5. The number of aromatic nitrogens is 4.